The van der Waals surface area contributed by atoms with Crippen molar-refractivity contribution >= 4 is 34.9 Å². The fraction of sp³-hybridized carbons (Fsp3) is 0.111. The van der Waals surface area contributed by atoms with Crippen LogP contribution in [0.4, 0.5) is 5.69 Å². The summed E-state index contributed by atoms with van der Waals surface area (Å²) in [6, 6.07) is 12.9. The molecule has 0 saturated carbocycles. The molecular weight excluding hydrogens is 326 g/mol. The molecule has 122 valence electrons. The van der Waals surface area contributed by atoms with Crippen LogP contribution < -0.4 is 10.1 Å². The Balaban J connectivity index is 1.79. The van der Waals surface area contributed by atoms with E-state index in [9.17, 15) is 4.79 Å². The molecule has 0 unspecified atom stereocenters. The molecule has 0 spiro atoms. The number of ether oxygens (including phenoxy) is 1. The summed E-state index contributed by atoms with van der Waals surface area (Å²) in [5, 5.41) is 3.15. The van der Waals surface area contributed by atoms with E-state index in [1.165, 1.54) is 6.08 Å². The van der Waals surface area contributed by atoms with Gasteiger partial charge in [0, 0.05) is 12.3 Å². The molecule has 1 N–H and O–H groups in total. The first-order valence-corrected chi connectivity index (χ1v) is 7.90. The molecule has 0 atom stereocenters. The van der Waals surface area contributed by atoms with Crippen molar-refractivity contribution < 1.29 is 9.53 Å². The van der Waals surface area contributed by atoms with E-state index in [0.717, 1.165) is 5.65 Å². The summed E-state index contributed by atoms with van der Waals surface area (Å²) in [6.45, 7) is 2.42. The van der Waals surface area contributed by atoms with E-state index in [2.05, 4.69) is 10.3 Å². The Morgan fingerprint density at radius 2 is 2.08 bits per heavy atom. The number of amides is 1. The second-order valence-corrected chi connectivity index (χ2v) is 5.33. The molecule has 5 nitrogen and oxygen atoms in total. The van der Waals surface area contributed by atoms with Gasteiger partial charge in [-0.1, -0.05) is 29.8 Å². The van der Waals surface area contributed by atoms with Gasteiger partial charge in [-0.2, -0.15) is 0 Å². The average molecular weight is 342 g/mol. The highest BCUT2D eigenvalue weighted by Crippen LogP contribution is 2.24. The minimum atomic E-state index is -0.274. The number of nitrogens with one attached hydrogen (secondary N) is 1. The van der Waals surface area contributed by atoms with Crippen LogP contribution in [0.1, 0.15) is 12.6 Å². The first kappa shape index (κ1) is 16.1. The van der Waals surface area contributed by atoms with Crippen molar-refractivity contribution in [3.63, 3.8) is 0 Å². The molecule has 1 aromatic carbocycles. The van der Waals surface area contributed by atoms with Crippen molar-refractivity contribution in [2.24, 2.45) is 0 Å². The quantitative estimate of drug-likeness (QED) is 0.712. The van der Waals surface area contributed by atoms with Gasteiger partial charge in [0.25, 0.3) is 0 Å². The van der Waals surface area contributed by atoms with E-state index in [0.29, 0.717) is 28.9 Å². The Kier molecular flexibility index (Phi) is 4.82. The molecule has 3 rings (SSSR count). The summed E-state index contributed by atoms with van der Waals surface area (Å²) in [5.41, 5.74) is 2.00. The number of carbonyl (C=O) groups excluding carboxylic acids is 1. The van der Waals surface area contributed by atoms with E-state index < -0.39 is 0 Å². The summed E-state index contributed by atoms with van der Waals surface area (Å²) < 4.78 is 7.31. The number of hydrogen-bond donors (Lipinski definition) is 1. The van der Waals surface area contributed by atoms with Crippen molar-refractivity contribution in [3.05, 3.63) is 65.6 Å². The molecule has 2 heterocycles. The zero-order chi connectivity index (χ0) is 16.9. The van der Waals surface area contributed by atoms with Crippen LogP contribution in [-0.2, 0) is 4.79 Å². The maximum absolute atomic E-state index is 12.2. The van der Waals surface area contributed by atoms with Gasteiger partial charge in [0.15, 0.2) is 5.15 Å². The highest BCUT2D eigenvalue weighted by atomic mass is 35.5. The average Bonchev–Trinajstić information content (AvgIpc) is 2.90. The molecule has 0 radical (unpaired) electrons. The van der Waals surface area contributed by atoms with Gasteiger partial charge in [-0.25, -0.2) is 4.98 Å². The smallest absolute Gasteiger partial charge is 0.248 e. The van der Waals surface area contributed by atoms with Crippen molar-refractivity contribution in [1.82, 2.24) is 9.38 Å². The fourth-order valence-corrected chi connectivity index (χ4v) is 2.56. The molecule has 0 aliphatic heterocycles. The van der Waals surface area contributed by atoms with Gasteiger partial charge >= 0.3 is 0 Å². The second-order valence-electron chi connectivity index (χ2n) is 4.97. The molecular formula is C18H16ClN3O2. The molecule has 3 aromatic rings. The predicted molar refractivity (Wildman–Crippen MR) is 95.5 cm³/mol. The SMILES string of the molecule is CCOc1ccccc1NC(=O)C=Cc1c(Cl)nc2ccccn12. The Hall–Kier alpha value is -2.79. The third-order valence-corrected chi connectivity index (χ3v) is 3.64. The van der Waals surface area contributed by atoms with Gasteiger partial charge in [0.2, 0.25) is 5.91 Å². The van der Waals surface area contributed by atoms with E-state index in [1.54, 1.807) is 12.1 Å². The third-order valence-electron chi connectivity index (χ3n) is 3.36. The lowest BCUT2D eigenvalue weighted by Gasteiger charge is -2.09. The number of hydrogen-bond acceptors (Lipinski definition) is 3. The standard InChI is InChI=1S/C18H16ClN3O2/c1-2-24-15-8-4-3-7-13(15)20-17(23)11-10-14-18(19)21-16-9-5-6-12-22(14)16/h3-12H,2H2,1H3,(H,20,23). The summed E-state index contributed by atoms with van der Waals surface area (Å²) in [7, 11) is 0. The maximum Gasteiger partial charge on any atom is 0.248 e. The number of fused-ring (bicyclic) bond motifs is 1. The molecule has 2 aromatic heterocycles. The number of pyridine rings is 1. The highest BCUT2D eigenvalue weighted by Gasteiger charge is 2.08. The summed E-state index contributed by atoms with van der Waals surface area (Å²) in [5.74, 6) is 0.360. The van der Waals surface area contributed by atoms with Crippen molar-refractivity contribution in [2.45, 2.75) is 6.92 Å². The minimum absolute atomic E-state index is 0.274. The fourth-order valence-electron chi connectivity index (χ4n) is 2.32. The van der Waals surface area contributed by atoms with Gasteiger partial charge in [-0.05, 0) is 37.3 Å². The third kappa shape index (κ3) is 3.41. The molecule has 24 heavy (non-hydrogen) atoms. The van der Waals surface area contributed by atoms with Crippen LogP contribution in [0, 0.1) is 0 Å². The number of halogens is 1. The Morgan fingerprint density at radius 3 is 2.92 bits per heavy atom. The van der Waals surface area contributed by atoms with E-state index in [-0.39, 0.29) is 5.91 Å². The number of para-hydroxylation sites is 2. The number of carbonyl (C=O) groups is 1. The number of rotatable bonds is 5. The molecule has 0 aliphatic carbocycles. The van der Waals surface area contributed by atoms with Crippen molar-refractivity contribution in [3.8, 4) is 5.75 Å². The van der Waals surface area contributed by atoms with E-state index in [4.69, 9.17) is 16.3 Å². The number of imidazole rings is 1. The van der Waals surface area contributed by atoms with Crippen LogP contribution >= 0.6 is 11.6 Å². The zero-order valence-electron chi connectivity index (χ0n) is 13.1. The second kappa shape index (κ2) is 7.19. The predicted octanol–water partition coefficient (Wildman–Crippen LogP) is 4.04. The lowest BCUT2D eigenvalue weighted by Crippen LogP contribution is -2.09. The lowest BCUT2D eigenvalue weighted by molar-refractivity contribution is -0.111. The van der Waals surface area contributed by atoms with Crippen LogP contribution in [0.5, 0.6) is 5.75 Å². The number of aromatic nitrogens is 2. The Morgan fingerprint density at radius 1 is 1.29 bits per heavy atom. The summed E-state index contributed by atoms with van der Waals surface area (Å²) >= 11 is 6.14. The minimum Gasteiger partial charge on any atom is -0.492 e. The molecule has 0 bridgehead atoms. The molecule has 0 aliphatic rings. The summed E-state index contributed by atoms with van der Waals surface area (Å²) in [4.78, 5) is 16.4. The molecule has 0 fully saturated rings. The first-order chi connectivity index (χ1) is 11.7. The Labute approximate surface area is 144 Å². The van der Waals surface area contributed by atoms with Crippen LogP contribution in [0.25, 0.3) is 11.7 Å². The maximum atomic E-state index is 12.2. The number of benzene rings is 1. The van der Waals surface area contributed by atoms with Gasteiger partial charge in [0.05, 0.1) is 18.0 Å². The van der Waals surface area contributed by atoms with E-state index in [1.807, 2.05) is 53.9 Å². The van der Waals surface area contributed by atoms with Crippen LogP contribution in [0.2, 0.25) is 5.15 Å². The van der Waals surface area contributed by atoms with Crippen LogP contribution in [0.15, 0.2) is 54.7 Å². The van der Waals surface area contributed by atoms with Crippen LogP contribution in [-0.4, -0.2) is 21.9 Å². The van der Waals surface area contributed by atoms with Gasteiger partial charge in [-0.15, -0.1) is 0 Å². The Bertz CT molecular complexity index is 902. The topological polar surface area (TPSA) is 55.6 Å². The summed E-state index contributed by atoms with van der Waals surface area (Å²) in [6.07, 6.45) is 4.90. The molecule has 0 saturated heterocycles. The zero-order valence-corrected chi connectivity index (χ0v) is 13.8. The number of nitrogens with zero attached hydrogens (tertiary/aromatic N) is 2. The number of anilines is 1. The van der Waals surface area contributed by atoms with Gasteiger partial charge in [0.1, 0.15) is 11.4 Å². The van der Waals surface area contributed by atoms with Gasteiger partial charge in [-0.3, -0.25) is 9.20 Å². The lowest BCUT2D eigenvalue weighted by atomic mass is 10.3. The highest BCUT2D eigenvalue weighted by molar-refractivity contribution is 6.31. The first-order valence-electron chi connectivity index (χ1n) is 7.52. The van der Waals surface area contributed by atoms with Crippen molar-refractivity contribution in [1.29, 1.82) is 0 Å². The van der Waals surface area contributed by atoms with E-state index >= 15 is 0 Å². The van der Waals surface area contributed by atoms with Crippen molar-refractivity contribution in [2.75, 3.05) is 11.9 Å². The molecule has 1 amide bonds. The van der Waals surface area contributed by atoms with Gasteiger partial charge < -0.3 is 10.1 Å². The molecule has 6 heteroatoms. The monoisotopic (exact) mass is 341 g/mol. The largest absolute Gasteiger partial charge is 0.492 e. The van der Waals surface area contributed by atoms with Crippen LogP contribution in [0.3, 0.4) is 0 Å². The normalized spacial score (nSPS) is 11.1.